The van der Waals surface area contributed by atoms with Crippen LogP contribution >= 0.6 is 0 Å². The number of methoxy groups -OCH3 is 1. The number of carbonyl (C=O) groups is 1. The molecule has 0 saturated carbocycles. The molecule has 0 bridgehead atoms. The molecule has 0 amide bonds. The van der Waals surface area contributed by atoms with E-state index in [0.29, 0.717) is 11.5 Å². The fourth-order valence-corrected chi connectivity index (χ4v) is 2.11. The van der Waals surface area contributed by atoms with Crippen LogP contribution in [0.1, 0.15) is 16.1 Å². The van der Waals surface area contributed by atoms with E-state index in [-0.39, 0.29) is 12.2 Å². The van der Waals surface area contributed by atoms with E-state index in [1.165, 1.54) is 18.2 Å². The number of aromatic nitrogens is 1. The monoisotopic (exact) mass is 327 g/mol. The van der Waals surface area contributed by atoms with Gasteiger partial charge in [-0.05, 0) is 42.5 Å². The molecule has 5 nitrogen and oxygen atoms in total. The number of nitrogens with zero attached hydrogens (tertiary/aromatic N) is 1. The van der Waals surface area contributed by atoms with Gasteiger partial charge in [0.15, 0.2) is 5.76 Å². The molecule has 0 unspecified atom stereocenters. The molecule has 3 rings (SSSR count). The third-order valence-corrected chi connectivity index (χ3v) is 3.34. The van der Waals surface area contributed by atoms with Crippen molar-refractivity contribution in [2.24, 2.45) is 0 Å². The summed E-state index contributed by atoms with van der Waals surface area (Å²) in [6.07, 6.45) is 0. The van der Waals surface area contributed by atoms with Gasteiger partial charge in [-0.1, -0.05) is 11.2 Å². The summed E-state index contributed by atoms with van der Waals surface area (Å²) in [6.45, 7) is -0.0605. The zero-order valence-corrected chi connectivity index (χ0v) is 12.9. The lowest BCUT2D eigenvalue weighted by atomic mass is 10.1. The van der Waals surface area contributed by atoms with E-state index in [1.54, 1.807) is 13.2 Å². The van der Waals surface area contributed by atoms with Crippen molar-refractivity contribution in [2.45, 2.75) is 6.61 Å². The van der Waals surface area contributed by atoms with E-state index < -0.39 is 11.8 Å². The molecule has 0 fully saturated rings. The Morgan fingerprint density at radius 3 is 2.67 bits per heavy atom. The first-order valence-corrected chi connectivity index (χ1v) is 7.18. The lowest BCUT2D eigenvalue weighted by molar-refractivity contribution is 0.0463. The number of halogens is 1. The largest absolute Gasteiger partial charge is 0.497 e. The fourth-order valence-electron chi connectivity index (χ4n) is 2.11. The normalized spacial score (nSPS) is 10.4. The molecule has 1 heterocycles. The molecule has 0 aliphatic heterocycles. The van der Waals surface area contributed by atoms with Crippen molar-refractivity contribution in [1.29, 1.82) is 0 Å². The standard InChI is InChI=1S/C18H14FNO4/c1-22-16-7-5-12(6-8-16)17-10-15(20-24-17)11-23-18(21)13-3-2-4-14(19)9-13/h2-10H,11H2,1H3. The van der Waals surface area contributed by atoms with Crippen LogP contribution in [-0.4, -0.2) is 18.2 Å². The third kappa shape index (κ3) is 3.60. The van der Waals surface area contributed by atoms with Crippen molar-refractivity contribution < 1.29 is 23.2 Å². The van der Waals surface area contributed by atoms with Gasteiger partial charge in [0, 0.05) is 11.6 Å². The molecule has 0 N–H and O–H groups in total. The van der Waals surface area contributed by atoms with E-state index in [2.05, 4.69) is 5.16 Å². The van der Waals surface area contributed by atoms with Crippen molar-refractivity contribution in [3.63, 3.8) is 0 Å². The zero-order chi connectivity index (χ0) is 16.9. The molecule has 0 radical (unpaired) electrons. The van der Waals surface area contributed by atoms with Crippen LogP contribution in [-0.2, 0) is 11.3 Å². The third-order valence-electron chi connectivity index (χ3n) is 3.34. The van der Waals surface area contributed by atoms with Gasteiger partial charge in [0.25, 0.3) is 0 Å². The minimum Gasteiger partial charge on any atom is -0.497 e. The van der Waals surface area contributed by atoms with Crippen LogP contribution in [0.3, 0.4) is 0 Å². The average Bonchev–Trinajstić information content (AvgIpc) is 3.09. The molecule has 0 saturated heterocycles. The highest BCUT2D eigenvalue weighted by atomic mass is 19.1. The Labute approximate surface area is 137 Å². The van der Waals surface area contributed by atoms with Crippen molar-refractivity contribution in [2.75, 3.05) is 7.11 Å². The predicted molar refractivity (Wildman–Crippen MR) is 84.0 cm³/mol. The average molecular weight is 327 g/mol. The Bertz CT molecular complexity index is 842. The number of hydrogen-bond acceptors (Lipinski definition) is 5. The van der Waals surface area contributed by atoms with Crippen LogP contribution in [0.5, 0.6) is 5.75 Å². The number of carbonyl (C=O) groups excluding carboxylic acids is 1. The van der Waals surface area contributed by atoms with E-state index in [0.717, 1.165) is 17.4 Å². The quantitative estimate of drug-likeness (QED) is 0.666. The molecule has 3 aromatic rings. The fraction of sp³-hybridized carbons (Fsp3) is 0.111. The topological polar surface area (TPSA) is 61.6 Å². The number of ether oxygens (including phenoxy) is 2. The van der Waals surface area contributed by atoms with Crippen molar-refractivity contribution >= 4 is 5.97 Å². The van der Waals surface area contributed by atoms with Gasteiger partial charge in [-0.25, -0.2) is 9.18 Å². The Morgan fingerprint density at radius 2 is 1.96 bits per heavy atom. The molecule has 122 valence electrons. The summed E-state index contributed by atoms with van der Waals surface area (Å²) in [5.41, 5.74) is 1.44. The van der Waals surface area contributed by atoms with E-state index in [9.17, 15) is 9.18 Å². The number of hydrogen-bond donors (Lipinski definition) is 0. The molecule has 6 heteroatoms. The van der Waals surface area contributed by atoms with Crippen LogP contribution in [0, 0.1) is 5.82 Å². The number of benzene rings is 2. The Kier molecular flexibility index (Phi) is 4.56. The molecule has 2 aromatic carbocycles. The van der Waals surface area contributed by atoms with Crippen LogP contribution in [0.25, 0.3) is 11.3 Å². The molecule has 0 spiro atoms. The lowest BCUT2D eigenvalue weighted by Crippen LogP contribution is -2.05. The summed E-state index contributed by atoms with van der Waals surface area (Å²) in [5, 5.41) is 3.86. The van der Waals surface area contributed by atoms with Crippen molar-refractivity contribution in [3.05, 3.63) is 71.7 Å². The summed E-state index contributed by atoms with van der Waals surface area (Å²) in [6, 6.07) is 14.3. The lowest BCUT2D eigenvalue weighted by Gasteiger charge is -2.02. The van der Waals surface area contributed by atoms with E-state index in [4.69, 9.17) is 14.0 Å². The van der Waals surface area contributed by atoms with Gasteiger partial charge in [-0.15, -0.1) is 0 Å². The molecule has 0 aliphatic carbocycles. The highest BCUT2D eigenvalue weighted by Crippen LogP contribution is 2.23. The Morgan fingerprint density at radius 1 is 1.17 bits per heavy atom. The van der Waals surface area contributed by atoms with E-state index >= 15 is 0 Å². The molecule has 1 aromatic heterocycles. The maximum absolute atomic E-state index is 13.1. The summed E-state index contributed by atoms with van der Waals surface area (Å²) in [4.78, 5) is 11.9. The number of rotatable bonds is 5. The summed E-state index contributed by atoms with van der Waals surface area (Å²) >= 11 is 0. The highest BCUT2D eigenvalue weighted by Gasteiger charge is 2.11. The Hall–Kier alpha value is -3.15. The van der Waals surface area contributed by atoms with Gasteiger partial charge in [0.1, 0.15) is 23.9 Å². The summed E-state index contributed by atoms with van der Waals surface area (Å²) in [7, 11) is 1.59. The Balaban J connectivity index is 1.64. The maximum atomic E-state index is 13.1. The van der Waals surface area contributed by atoms with Gasteiger partial charge < -0.3 is 14.0 Å². The summed E-state index contributed by atoms with van der Waals surface area (Å²) < 4.78 is 28.5. The van der Waals surface area contributed by atoms with Gasteiger partial charge in [-0.2, -0.15) is 0 Å². The van der Waals surface area contributed by atoms with Crippen LogP contribution in [0.4, 0.5) is 4.39 Å². The van der Waals surface area contributed by atoms with Crippen LogP contribution in [0.2, 0.25) is 0 Å². The minimum absolute atomic E-state index is 0.0605. The minimum atomic E-state index is -0.622. The van der Waals surface area contributed by atoms with Crippen molar-refractivity contribution in [1.82, 2.24) is 5.16 Å². The van der Waals surface area contributed by atoms with Crippen molar-refractivity contribution in [3.8, 4) is 17.1 Å². The molecule has 0 aliphatic rings. The second-order valence-electron chi connectivity index (χ2n) is 5.00. The van der Waals surface area contributed by atoms with Gasteiger partial charge in [-0.3, -0.25) is 0 Å². The summed E-state index contributed by atoms with van der Waals surface area (Å²) in [5.74, 6) is 0.174. The van der Waals surface area contributed by atoms with Gasteiger partial charge in [0.2, 0.25) is 0 Å². The highest BCUT2D eigenvalue weighted by molar-refractivity contribution is 5.89. The molecule has 24 heavy (non-hydrogen) atoms. The van der Waals surface area contributed by atoms with Crippen LogP contribution in [0.15, 0.2) is 59.1 Å². The van der Waals surface area contributed by atoms with Crippen LogP contribution < -0.4 is 4.74 Å². The molecular formula is C18H14FNO4. The zero-order valence-electron chi connectivity index (χ0n) is 12.9. The second-order valence-corrected chi connectivity index (χ2v) is 5.00. The van der Waals surface area contributed by atoms with Gasteiger partial charge >= 0.3 is 5.97 Å². The SMILES string of the molecule is COc1ccc(-c2cc(COC(=O)c3cccc(F)c3)no2)cc1. The van der Waals surface area contributed by atoms with Gasteiger partial charge in [0.05, 0.1) is 12.7 Å². The predicted octanol–water partition coefficient (Wildman–Crippen LogP) is 3.85. The second kappa shape index (κ2) is 6.95. The first-order chi connectivity index (χ1) is 11.7. The van der Waals surface area contributed by atoms with E-state index in [1.807, 2.05) is 24.3 Å². The molecular weight excluding hydrogens is 313 g/mol. The number of esters is 1. The first kappa shape index (κ1) is 15.7. The molecule has 0 atom stereocenters. The maximum Gasteiger partial charge on any atom is 0.338 e. The smallest absolute Gasteiger partial charge is 0.338 e. The first-order valence-electron chi connectivity index (χ1n) is 7.18.